The van der Waals surface area contributed by atoms with E-state index in [0.29, 0.717) is 11.1 Å². The van der Waals surface area contributed by atoms with Crippen molar-refractivity contribution in [3.8, 4) is 0 Å². The first-order valence-corrected chi connectivity index (χ1v) is 8.19. The SMILES string of the molecule is CCc1ccccc1NC(=O)NCCN1C(=O)c2ccccc2C1=O. The molecule has 0 radical (unpaired) electrons. The molecule has 0 saturated carbocycles. The molecule has 1 aliphatic rings. The van der Waals surface area contributed by atoms with Crippen LogP contribution in [0.1, 0.15) is 33.2 Å². The van der Waals surface area contributed by atoms with Crippen molar-refractivity contribution in [3.05, 3.63) is 65.2 Å². The van der Waals surface area contributed by atoms with Crippen molar-refractivity contribution in [1.29, 1.82) is 0 Å². The van der Waals surface area contributed by atoms with Crippen molar-refractivity contribution in [2.75, 3.05) is 18.4 Å². The smallest absolute Gasteiger partial charge is 0.319 e. The van der Waals surface area contributed by atoms with Crippen molar-refractivity contribution in [1.82, 2.24) is 10.2 Å². The molecule has 2 aromatic carbocycles. The molecule has 0 aliphatic carbocycles. The number of anilines is 1. The van der Waals surface area contributed by atoms with Crippen LogP contribution in [0.5, 0.6) is 0 Å². The Labute approximate surface area is 145 Å². The van der Waals surface area contributed by atoms with Crippen LogP contribution in [0.4, 0.5) is 10.5 Å². The summed E-state index contributed by atoms with van der Waals surface area (Å²) in [7, 11) is 0. The molecule has 0 atom stereocenters. The van der Waals surface area contributed by atoms with E-state index >= 15 is 0 Å². The highest BCUT2D eigenvalue weighted by atomic mass is 16.2. The Kier molecular flexibility index (Phi) is 4.79. The summed E-state index contributed by atoms with van der Waals surface area (Å²) in [6, 6.07) is 13.9. The summed E-state index contributed by atoms with van der Waals surface area (Å²) in [5.41, 5.74) is 2.61. The third-order valence-corrected chi connectivity index (χ3v) is 4.15. The van der Waals surface area contributed by atoms with Crippen LogP contribution in [-0.2, 0) is 6.42 Å². The molecular weight excluding hydrogens is 318 g/mol. The van der Waals surface area contributed by atoms with Crippen molar-refractivity contribution in [2.45, 2.75) is 13.3 Å². The van der Waals surface area contributed by atoms with Gasteiger partial charge >= 0.3 is 6.03 Å². The van der Waals surface area contributed by atoms with E-state index in [0.717, 1.165) is 22.6 Å². The molecule has 0 fully saturated rings. The van der Waals surface area contributed by atoms with Crippen molar-refractivity contribution < 1.29 is 14.4 Å². The van der Waals surface area contributed by atoms with E-state index < -0.39 is 0 Å². The lowest BCUT2D eigenvalue weighted by atomic mass is 10.1. The van der Waals surface area contributed by atoms with Crippen molar-refractivity contribution >= 4 is 23.5 Å². The summed E-state index contributed by atoms with van der Waals surface area (Å²) in [6.45, 7) is 2.33. The van der Waals surface area contributed by atoms with Gasteiger partial charge in [-0.25, -0.2) is 4.79 Å². The van der Waals surface area contributed by atoms with Crippen molar-refractivity contribution in [2.24, 2.45) is 0 Å². The van der Waals surface area contributed by atoms with Gasteiger partial charge in [0.05, 0.1) is 11.1 Å². The number of para-hydroxylation sites is 1. The zero-order valence-corrected chi connectivity index (χ0v) is 13.9. The lowest BCUT2D eigenvalue weighted by Gasteiger charge is -2.15. The highest BCUT2D eigenvalue weighted by molar-refractivity contribution is 6.21. The molecular formula is C19H19N3O3. The molecule has 1 heterocycles. The molecule has 2 N–H and O–H groups in total. The summed E-state index contributed by atoms with van der Waals surface area (Å²) >= 11 is 0. The third-order valence-electron chi connectivity index (χ3n) is 4.15. The fourth-order valence-corrected chi connectivity index (χ4v) is 2.84. The van der Waals surface area contributed by atoms with Crippen LogP contribution < -0.4 is 10.6 Å². The molecule has 4 amide bonds. The van der Waals surface area contributed by atoms with E-state index in [1.54, 1.807) is 24.3 Å². The predicted octanol–water partition coefficient (Wildman–Crippen LogP) is 2.67. The quantitative estimate of drug-likeness (QED) is 0.823. The Bertz CT molecular complexity index is 797. The maximum atomic E-state index is 12.2. The highest BCUT2D eigenvalue weighted by Crippen LogP contribution is 2.21. The van der Waals surface area contributed by atoms with Gasteiger partial charge in [-0.3, -0.25) is 14.5 Å². The summed E-state index contributed by atoms with van der Waals surface area (Å²) in [4.78, 5) is 37.7. The molecule has 1 aliphatic heterocycles. The van der Waals surface area contributed by atoms with Crippen LogP contribution in [0.25, 0.3) is 0 Å². The number of carbonyl (C=O) groups excluding carboxylic acids is 3. The van der Waals surface area contributed by atoms with Gasteiger partial charge in [-0.2, -0.15) is 0 Å². The normalized spacial score (nSPS) is 12.9. The van der Waals surface area contributed by atoms with Gasteiger partial charge in [0.1, 0.15) is 0 Å². The highest BCUT2D eigenvalue weighted by Gasteiger charge is 2.34. The van der Waals surface area contributed by atoms with Crippen LogP contribution in [0.15, 0.2) is 48.5 Å². The first-order valence-electron chi connectivity index (χ1n) is 8.19. The molecule has 6 heteroatoms. The monoisotopic (exact) mass is 337 g/mol. The number of nitrogens with one attached hydrogen (secondary N) is 2. The Morgan fingerprint density at radius 3 is 2.20 bits per heavy atom. The molecule has 6 nitrogen and oxygen atoms in total. The second-order valence-corrected chi connectivity index (χ2v) is 5.70. The maximum absolute atomic E-state index is 12.2. The number of nitrogens with zero attached hydrogens (tertiary/aromatic N) is 1. The number of imide groups is 1. The summed E-state index contributed by atoms with van der Waals surface area (Å²) < 4.78 is 0. The third kappa shape index (κ3) is 3.38. The number of hydrogen-bond acceptors (Lipinski definition) is 3. The molecule has 0 saturated heterocycles. The Morgan fingerprint density at radius 2 is 1.56 bits per heavy atom. The van der Waals surface area contributed by atoms with Gasteiger partial charge in [0, 0.05) is 18.8 Å². The number of rotatable bonds is 5. The second kappa shape index (κ2) is 7.17. The average molecular weight is 337 g/mol. The lowest BCUT2D eigenvalue weighted by molar-refractivity contribution is 0.0656. The van der Waals surface area contributed by atoms with E-state index in [4.69, 9.17) is 0 Å². The largest absolute Gasteiger partial charge is 0.336 e. The Morgan fingerprint density at radius 1 is 0.960 bits per heavy atom. The van der Waals surface area contributed by atoms with E-state index in [-0.39, 0.29) is 30.9 Å². The topological polar surface area (TPSA) is 78.5 Å². The zero-order valence-electron chi connectivity index (χ0n) is 13.9. The van der Waals surface area contributed by atoms with Crippen LogP contribution in [0.3, 0.4) is 0 Å². The molecule has 2 aromatic rings. The minimum atomic E-state index is -0.363. The standard InChI is InChI=1S/C19H19N3O3/c1-2-13-7-3-6-10-16(13)21-19(25)20-11-12-22-17(23)14-8-4-5-9-15(14)18(22)24/h3-10H,2,11-12H2,1H3,(H2,20,21,25). The number of aryl methyl sites for hydroxylation is 1. The molecule has 128 valence electrons. The molecule has 0 bridgehead atoms. The number of benzene rings is 2. The van der Waals surface area contributed by atoms with E-state index in [9.17, 15) is 14.4 Å². The number of hydrogen-bond donors (Lipinski definition) is 2. The van der Waals surface area contributed by atoms with Gasteiger partial charge in [0.25, 0.3) is 11.8 Å². The number of amides is 4. The van der Waals surface area contributed by atoms with E-state index in [1.807, 2.05) is 31.2 Å². The van der Waals surface area contributed by atoms with Crippen LogP contribution in [0.2, 0.25) is 0 Å². The minimum absolute atomic E-state index is 0.134. The average Bonchev–Trinajstić information content (AvgIpc) is 2.87. The number of urea groups is 1. The fourth-order valence-electron chi connectivity index (χ4n) is 2.84. The summed E-state index contributed by atoms with van der Waals surface area (Å²) in [5, 5.41) is 5.47. The predicted molar refractivity (Wildman–Crippen MR) is 94.7 cm³/mol. The first-order chi connectivity index (χ1) is 12.1. The Balaban J connectivity index is 1.54. The van der Waals surface area contributed by atoms with Crippen LogP contribution >= 0.6 is 0 Å². The lowest BCUT2D eigenvalue weighted by Crippen LogP contribution is -2.39. The number of fused-ring (bicyclic) bond motifs is 1. The first kappa shape index (κ1) is 16.7. The summed E-state index contributed by atoms with van der Waals surface area (Å²) in [5.74, 6) is -0.640. The number of carbonyl (C=O) groups is 3. The fraction of sp³-hybridized carbons (Fsp3) is 0.211. The van der Waals surface area contributed by atoms with E-state index in [1.165, 1.54) is 0 Å². The van der Waals surface area contributed by atoms with Crippen LogP contribution in [-0.4, -0.2) is 35.8 Å². The van der Waals surface area contributed by atoms with Gasteiger partial charge in [0.15, 0.2) is 0 Å². The second-order valence-electron chi connectivity index (χ2n) is 5.70. The van der Waals surface area contributed by atoms with Gasteiger partial charge in [-0.15, -0.1) is 0 Å². The van der Waals surface area contributed by atoms with Gasteiger partial charge in [-0.05, 0) is 30.2 Å². The maximum Gasteiger partial charge on any atom is 0.319 e. The van der Waals surface area contributed by atoms with Gasteiger partial charge in [-0.1, -0.05) is 37.3 Å². The van der Waals surface area contributed by atoms with Crippen molar-refractivity contribution in [3.63, 3.8) is 0 Å². The van der Waals surface area contributed by atoms with Gasteiger partial charge in [0.2, 0.25) is 0 Å². The van der Waals surface area contributed by atoms with Gasteiger partial charge < -0.3 is 10.6 Å². The molecule has 3 rings (SSSR count). The van der Waals surface area contributed by atoms with E-state index in [2.05, 4.69) is 10.6 Å². The molecule has 0 spiro atoms. The zero-order chi connectivity index (χ0) is 17.8. The Hall–Kier alpha value is -3.15. The summed E-state index contributed by atoms with van der Waals surface area (Å²) in [6.07, 6.45) is 0.811. The van der Waals surface area contributed by atoms with Crippen LogP contribution in [0, 0.1) is 0 Å². The minimum Gasteiger partial charge on any atom is -0.336 e. The molecule has 0 aromatic heterocycles. The molecule has 25 heavy (non-hydrogen) atoms. The molecule has 0 unspecified atom stereocenters.